The lowest BCUT2D eigenvalue weighted by atomic mass is 9.91. The first-order valence-electron chi connectivity index (χ1n) is 11.1. The zero-order valence-corrected chi connectivity index (χ0v) is 18.0. The zero-order chi connectivity index (χ0) is 21.8. The first-order valence-corrected chi connectivity index (χ1v) is 11.1. The van der Waals surface area contributed by atoms with Crippen LogP contribution in [0.3, 0.4) is 0 Å². The molecule has 1 amide bonds. The van der Waals surface area contributed by atoms with Crippen molar-refractivity contribution in [3.63, 3.8) is 0 Å². The second-order valence-corrected chi connectivity index (χ2v) is 8.53. The number of pyridine rings is 1. The van der Waals surface area contributed by atoms with Crippen LogP contribution in [-0.4, -0.2) is 53.1 Å². The molecule has 3 N–H and O–H groups in total. The van der Waals surface area contributed by atoms with Crippen LogP contribution in [0.4, 0.5) is 5.69 Å². The van der Waals surface area contributed by atoms with Crippen molar-refractivity contribution in [2.75, 3.05) is 31.9 Å². The van der Waals surface area contributed by atoms with Gasteiger partial charge in [0.1, 0.15) is 0 Å². The number of benzene rings is 1. The van der Waals surface area contributed by atoms with Crippen molar-refractivity contribution in [1.29, 1.82) is 5.41 Å². The van der Waals surface area contributed by atoms with Gasteiger partial charge in [-0.3, -0.25) is 14.7 Å². The van der Waals surface area contributed by atoms with E-state index in [0.29, 0.717) is 24.3 Å². The van der Waals surface area contributed by atoms with Crippen molar-refractivity contribution in [2.24, 2.45) is 0 Å². The molecular weight excluding hydrogens is 386 g/mol. The number of amides is 1. The molecule has 2 aliphatic rings. The number of rotatable bonds is 6. The molecule has 0 saturated carbocycles. The van der Waals surface area contributed by atoms with Crippen LogP contribution < -0.4 is 5.73 Å². The van der Waals surface area contributed by atoms with E-state index in [2.05, 4.69) is 35.7 Å². The van der Waals surface area contributed by atoms with Gasteiger partial charge in [-0.25, -0.2) is 0 Å². The summed E-state index contributed by atoms with van der Waals surface area (Å²) in [6.45, 7) is 8.31. The van der Waals surface area contributed by atoms with Crippen molar-refractivity contribution in [3.05, 3.63) is 59.8 Å². The molecule has 0 radical (unpaired) electrons. The van der Waals surface area contributed by atoms with Gasteiger partial charge >= 0.3 is 0 Å². The van der Waals surface area contributed by atoms with Gasteiger partial charge in [-0.1, -0.05) is 30.8 Å². The SMILES string of the molecule is C=CC(=O)N1CCC(c2cc(C=N)c(N)c(-c3ccc(CN4CCCC4)cc3)n2)CC1. The Morgan fingerprint density at radius 1 is 1.16 bits per heavy atom. The Bertz CT molecular complexity index is 955. The summed E-state index contributed by atoms with van der Waals surface area (Å²) in [7, 11) is 0. The number of carbonyl (C=O) groups is 1. The summed E-state index contributed by atoms with van der Waals surface area (Å²) in [5.74, 6) is 0.236. The molecule has 2 aliphatic heterocycles. The normalized spacial score (nSPS) is 17.6. The van der Waals surface area contributed by atoms with Gasteiger partial charge in [0.05, 0.1) is 11.4 Å². The first kappa shape index (κ1) is 21.2. The molecule has 0 unspecified atom stereocenters. The Morgan fingerprint density at radius 3 is 2.45 bits per heavy atom. The van der Waals surface area contributed by atoms with E-state index in [-0.39, 0.29) is 11.8 Å². The van der Waals surface area contributed by atoms with Crippen LogP contribution in [0.2, 0.25) is 0 Å². The first-order chi connectivity index (χ1) is 15.1. The van der Waals surface area contributed by atoms with Gasteiger partial charge in [-0.05, 0) is 56.5 Å². The number of anilines is 1. The molecule has 0 bridgehead atoms. The predicted octanol–water partition coefficient (Wildman–Crippen LogP) is 3.82. The second kappa shape index (κ2) is 9.43. The Kier molecular flexibility index (Phi) is 6.47. The van der Waals surface area contributed by atoms with Crippen molar-refractivity contribution < 1.29 is 4.79 Å². The van der Waals surface area contributed by atoms with E-state index in [4.69, 9.17) is 16.1 Å². The highest BCUT2D eigenvalue weighted by atomic mass is 16.2. The molecule has 1 aromatic heterocycles. The second-order valence-electron chi connectivity index (χ2n) is 8.53. The van der Waals surface area contributed by atoms with Crippen LogP contribution in [0.5, 0.6) is 0 Å². The molecule has 2 aromatic rings. The molecule has 2 saturated heterocycles. The minimum Gasteiger partial charge on any atom is -0.396 e. The highest BCUT2D eigenvalue weighted by Crippen LogP contribution is 2.33. The lowest BCUT2D eigenvalue weighted by Crippen LogP contribution is -2.37. The van der Waals surface area contributed by atoms with E-state index < -0.39 is 0 Å². The molecule has 4 rings (SSSR count). The summed E-state index contributed by atoms with van der Waals surface area (Å²) >= 11 is 0. The summed E-state index contributed by atoms with van der Waals surface area (Å²) in [6.07, 6.45) is 6.96. The van der Waals surface area contributed by atoms with Crippen LogP contribution in [0.1, 0.15) is 48.4 Å². The highest BCUT2D eigenvalue weighted by molar-refractivity contribution is 5.91. The molecule has 0 spiro atoms. The molecular formula is C25H31N5O. The van der Waals surface area contributed by atoms with E-state index in [1.807, 2.05) is 11.0 Å². The maximum atomic E-state index is 11.9. The summed E-state index contributed by atoms with van der Waals surface area (Å²) in [6, 6.07) is 10.4. The van der Waals surface area contributed by atoms with Gasteiger partial charge in [-0.15, -0.1) is 0 Å². The van der Waals surface area contributed by atoms with Gasteiger partial charge in [0.15, 0.2) is 0 Å². The molecule has 6 nitrogen and oxygen atoms in total. The fraction of sp³-hybridized carbons (Fsp3) is 0.400. The number of nitrogen functional groups attached to an aromatic ring is 1. The number of hydrogen-bond acceptors (Lipinski definition) is 5. The number of nitrogens with zero attached hydrogens (tertiary/aromatic N) is 3. The van der Waals surface area contributed by atoms with Crippen LogP contribution >= 0.6 is 0 Å². The van der Waals surface area contributed by atoms with E-state index in [1.165, 1.54) is 43.8 Å². The maximum absolute atomic E-state index is 11.9. The Labute approximate surface area is 184 Å². The monoisotopic (exact) mass is 417 g/mol. The number of nitrogens with one attached hydrogen (secondary N) is 1. The number of hydrogen-bond donors (Lipinski definition) is 2. The topological polar surface area (TPSA) is 86.3 Å². The minimum atomic E-state index is -0.0152. The molecule has 2 fully saturated rings. The summed E-state index contributed by atoms with van der Waals surface area (Å²) in [4.78, 5) is 21.1. The molecule has 3 heterocycles. The van der Waals surface area contributed by atoms with E-state index >= 15 is 0 Å². The Morgan fingerprint density at radius 2 is 1.84 bits per heavy atom. The third-order valence-electron chi connectivity index (χ3n) is 6.50. The lowest BCUT2D eigenvalue weighted by molar-refractivity contribution is -0.127. The summed E-state index contributed by atoms with van der Waals surface area (Å²) in [5.41, 5.74) is 11.6. The standard InChI is InChI=1S/C25H31N5O/c1-2-23(31)30-13-9-19(10-14-30)22-15-21(16-26)24(27)25(28-22)20-7-5-18(6-8-20)17-29-11-3-4-12-29/h2,5-8,15-16,19,26H,1,3-4,9-14,17,27H2. The molecule has 31 heavy (non-hydrogen) atoms. The third kappa shape index (κ3) is 4.69. The molecule has 0 aliphatic carbocycles. The smallest absolute Gasteiger partial charge is 0.245 e. The highest BCUT2D eigenvalue weighted by Gasteiger charge is 2.25. The van der Waals surface area contributed by atoms with Gasteiger partial charge in [0, 0.05) is 48.6 Å². The number of aromatic nitrogens is 1. The Hall–Kier alpha value is -2.99. The Balaban J connectivity index is 1.56. The van der Waals surface area contributed by atoms with E-state index in [9.17, 15) is 4.79 Å². The lowest BCUT2D eigenvalue weighted by Gasteiger charge is -2.31. The maximum Gasteiger partial charge on any atom is 0.245 e. The van der Waals surface area contributed by atoms with Crippen LogP contribution in [-0.2, 0) is 11.3 Å². The largest absolute Gasteiger partial charge is 0.396 e. The summed E-state index contributed by atoms with van der Waals surface area (Å²) in [5, 5.41) is 7.82. The summed E-state index contributed by atoms with van der Waals surface area (Å²) < 4.78 is 0. The minimum absolute atomic E-state index is 0.0152. The van der Waals surface area contributed by atoms with Crippen molar-refractivity contribution >= 4 is 17.8 Å². The zero-order valence-electron chi connectivity index (χ0n) is 18.0. The van der Waals surface area contributed by atoms with E-state index in [0.717, 1.165) is 36.3 Å². The molecule has 6 heteroatoms. The molecule has 1 aromatic carbocycles. The van der Waals surface area contributed by atoms with Crippen molar-refractivity contribution in [2.45, 2.75) is 38.1 Å². The average Bonchev–Trinajstić information content (AvgIpc) is 3.32. The quantitative estimate of drug-likeness (QED) is 0.553. The van der Waals surface area contributed by atoms with Crippen LogP contribution in [0.15, 0.2) is 43.0 Å². The van der Waals surface area contributed by atoms with Gasteiger partial charge in [0.2, 0.25) is 5.91 Å². The predicted molar refractivity (Wildman–Crippen MR) is 125 cm³/mol. The van der Waals surface area contributed by atoms with Crippen LogP contribution in [0, 0.1) is 5.41 Å². The van der Waals surface area contributed by atoms with Gasteiger partial charge < -0.3 is 16.0 Å². The van der Waals surface area contributed by atoms with Crippen LogP contribution in [0.25, 0.3) is 11.3 Å². The van der Waals surface area contributed by atoms with Gasteiger partial charge in [0.25, 0.3) is 0 Å². The molecule has 162 valence electrons. The van der Waals surface area contributed by atoms with Crippen molar-refractivity contribution in [3.8, 4) is 11.3 Å². The number of piperidine rings is 1. The number of likely N-dealkylation sites (tertiary alicyclic amines) is 2. The number of nitrogens with two attached hydrogens (primary N) is 1. The molecule has 0 atom stereocenters. The third-order valence-corrected chi connectivity index (χ3v) is 6.50. The fourth-order valence-corrected chi connectivity index (χ4v) is 4.64. The fourth-order valence-electron chi connectivity index (χ4n) is 4.64. The van der Waals surface area contributed by atoms with E-state index in [1.54, 1.807) is 0 Å². The van der Waals surface area contributed by atoms with Crippen molar-refractivity contribution in [1.82, 2.24) is 14.8 Å². The van der Waals surface area contributed by atoms with Gasteiger partial charge in [-0.2, -0.15) is 0 Å². The average molecular weight is 418 g/mol. The number of carbonyl (C=O) groups excluding carboxylic acids is 1.